The van der Waals surface area contributed by atoms with Crippen molar-refractivity contribution in [2.24, 2.45) is 5.92 Å². The zero-order valence-electron chi connectivity index (χ0n) is 9.69. The van der Waals surface area contributed by atoms with Crippen LogP contribution in [0.2, 0.25) is 10.0 Å². The summed E-state index contributed by atoms with van der Waals surface area (Å²) in [6.07, 6.45) is 3.99. The van der Waals surface area contributed by atoms with Crippen molar-refractivity contribution < 1.29 is 0 Å². The molecule has 88 valence electrons. The molecule has 0 aliphatic heterocycles. The van der Waals surface area contributed by atoms with E-state index in [1.165, 1.54) is 19.3 Å². The second-order valence-corrected chi connectivity index (χ2v) is 5.62. The number of hydrogen-bond acceptors (Lipinski definition) is 1. The largest absolute Gasteiger partial charge is 0.381 e. The highest BCUT2D eigenvalue weighted by Crippen LogP contribution is 2.35. The summed E-state index contributed by atoms with van der Waals surface area (Å²) in [6.45, 7) is 4.16. The van der Waals surface area contributed by atoms with Gasteiger partial charge in [-0.1, -0.05) is 36.0 Å². The van der Waals surface area contributed by atoms with Crippen LogP contribution in [0.4, 0.5) is 5.69 Å². The van der Waals surface area contributed by atoms with E-state index in [2.05, 4.69) is 12.2 Å². The Morgan fingerprint density at radius 3 is 2.62 bits per heavy atom. The third kappa shape index (κ3) is 3.05. The molecule has 1 aromatic carbocycles. The predicted molar refractivity (Wildman–Crippen MR) is 71.6 cm³/mol. The van der Waals surface area contributed by atoms with Gasteiger partial charge in [-0.25, -0.2) is 0 Å². The van der Waals surface area contributed by atoms with Crippen molar-refractivity contribution in [1.82, 2.24) is 0 Å². The van der Waals surface area contributed by atoms with Gasteiger partial charge in [0.15, 0.2) is 0 Å². The van der Waals surface area contributed by atoms with Gasteiger partial charge in [0, 0.05) is 11.1 Å². The summed E-state index contributed by atoms with van der Waals surface area (Å²) < 4.78 is 0. The summed E-state index contributed by atoms with van der Waals surface area (Å²) in [5.41, 5.74) is 1.97. The van der Waals surface area contributed by atoms with Crippen LogP contribution in [-0.4, -0.2) is 6.04 Å². The maximum absolute atomic E-state index is 6.18. The molecule has 3 heteroatoms. The van der Waals surface area contributed by atoms with Crippen LogP contribution in [0, 0.1) is 12.8 Å². The van der Waals surface area contributed by atoms with Crippen LogP contribution in [0.25, 0.3) is 0 Å². The molecule has 1 aliphatic rings. The average Bonchev–Trinajstić information content (AvgIpc) is 2.98. The highest BCUT2D eigenvalue weighted by molar-refractivity contribution is 6.35. The molecule has 1 aromatic rings. The van der Waals surface area contributed by atoms with E-state index >= 15 is 0 Å². The number of nitrogens with one attached hydrogen (secondary N) is 1. The zero-order valence-corrected chi connectivity index (χ0v) is 11.2. The van der Waals surface area contributed by atoms with Crippen molar-refractivity contribution in [3.8, 4) is 0 Å². The maximum atomic E-state index is 6.18. The van der Waals surface area contributed by atoms with Gasteiger partial charge in [-0.3, -0.25) is 0 Å². The van der Waals surface area contributed by atoms with Crippen LogP contribution in [0.1, 0.15) is 31.7 Å². The molecule has 16 heavy (non-hydrogen) atoms. The van der Waals surface area contributed by atoms with E-state index < -0.39 is 0 Å². The molecule has 1 unspecified atom stereocenters. The fourth-order valence-electron chi connectivity index (χ4n) is 1.93. The van der Waals surface area contributed by atoms with Crippen LogP contribution in [0.15, 0.2) is 12.1 Å². The minimum absolute atomic E-state index is 0.462. The summed E-state index contributed by atoms with van der Waals surface area (Å²) in [7, 11) is 0. The van der Waals surface area contributed by atoms with Crippen LogP contribution in [-0.2, 0) is 0 Å². The monoisotopic (exact) mass is 257 g/mol. The quantitative estimate of drug-likeness (QED) is 0.809. The van der Waals surface area contributed by atoms with Crippen molar-refractivity contribution >= 4 is 28.9 Å². The molecule has 1 aliphatic carbocycles. The topological polar surface area (TPSA) is 12.0 Å². The van der Waals surface area contributed by atoms with Crippen LogP contribution < -0.4 is 5.32 Å². The first-order valence-corrected chi connectivity index (χ1v) is 6.54. The Balaban J connectivity index is 2.04. The summed E-state index contributed by atoms with van der Waals surface area (Å²) in [4.78, 5) is 0. The number of aryl methyl sites for hydroxylation is 1. The molecule has 0 saturated heterocycles. The van der Waals surface area contributed by atoms with E-state index in [-0.39, 0.29) is 0 Å². The minimum Gasteiger partial charge on any atom is -0.381 e. The molecular weight excluding hydrogens is 241 g/mol. The van der Waals surface area contributed by atoms with E-state index in [4.69, 9.17) is 23.2 Å². The van der Waals surface area contributed by atoms with E-state index in [9.17, 15) is 0 Å². The lowest BCUT2D eigenvalue weighted by Crippen LogP contribution is -2.16. The standard InChI is InChI=1S/C13H17Cl2N/c1-8-5-12(15)13(7-11(8)14)16-9(2)6-10-3-4-10/h5,7,9-10,16H,3-4,6H2,1-2H3. The van der Waals surface area contributed by atoms with Gasteiger partial charge in [-0.05, 0) is 43.9 Å². The van der Waals surface area contributed by atoms with E-state index in [1.54, 1.807) is 0 Å². The molecular formula is C13H17Cl2N. The first-order valence-electron chi connectivity index (χ1n) is 5.78. The number of halogens is 2. The fourth-order valence-corrected chi connectivity index (χ4v) is 2.37. The lowest BCUT2D eigenvalue weighted by atomic mass is 10.1. The van der Waals surface area contributed by atoms with Gasteiger partial charge in [0.1, 0.15) is 0 Å². The molecule has 0 bridgehead atoms. The highest BCUT2D eigenvalue weighted by Gasteiger charge is 2.23. The van der Waals surface area contributed by atoms with Gasteiger partial charge < -0.3 is 5.32 Å². The predicted octanol–water partition coefficient (Wildman–Crippen LogP) is 4.90. The second kappa shape index (κ2) is 4.85. The molecule has 0 amide bonds. The first kappa shape index (κ1) is 12.1. The van der Waals surface area contributed by atoms with Crippen LogP contribution >= 0.6 is 23.2 Å². The van der Waals surface area contributed by atoms with Crippen molar-refractivity contribution in [3.05, 3.63) is 27.7 Å². The summed E-state index contributed by atoms with van der Waals surface area (Å²) in [5, 5.41) is 4.96. The van der Waals surface area contributed by atoms with Crippen LogP contribution in [0.3, 0.4) is 0 Å². The lowest BCUT2D eigenvalue weighted by Gasteiger charge is -2.16. The molecule has 0 radical (unpaired) electrons. The third-order valence-corrected chi connectivity index (χ3v) is 3.75. The Kier molecular flexibility index (Phi) is 3.66. The Labute approximate surface area is 107 Å². The molecule has 1 nitrogen and oxygen atoms in total. The number of benzene rings is 1. The normalized spacial score (nSPS) is 17.2. The van der Waals surface area contributed by atoms with Gasteiger partial charge in [0.25, 0.3) is 0 Å². The smallest absolute Gasteiger partial charge is 0.0641 e. The van der Waals surface area contributed by atoms with Crippen molar-refractivity contribution in [3.63, 3.8) is 0 Å². The number of hydrogen-bond donors (Lipinski definition) is 1. The van der Waals surface area contributed by atoms with Gasteiger partial charge >= 0.3 is 0 Å². The highest BCUT2D eigenvalue weighted by atomic mass is 35.5. The third-order valence-electron chi connectivity index (χ3n) is 3.03. The first-order chi connectivity index (χ1) is 7.56. The maximum Gasteiger partial charge on any atom is 0.0641 e. The Bertz CT molecular complexity index is 386. The fraction of sp³-hybridized carbons (Fsp3) is 0.538. The average molecular weight is 258 g/mol. The van der Waals surface area contributed by atoms with Crippen LogP contribution in [0.5, 0.6) is 0 Å². The second-order valence-electron chi connectivity index (χ2n) is 4.81. The molecule has 1 saturated carbocycles. The van der Waals surface area contributed by atoms with Crippen molar-refractivity contribution in [2.75, 3.05) is 5.32 Å². The Morgan fingerprint density at radius 1 is 1.31 bits per heavy atom. The molecule has 1 atom stereocenters. The number of anilines is 1. The molecule has 0 heterocycles. The molecule has 2 rings (SSSR count). The van der Waals surface area contributed by atoms with Gasteiger partial charge in [0.05, 0.1) is 10.7 Å². The summed E-state index contributed by atoms with van der Waals surface area (Å²) >= 11 is 12.3. The number of rotatable bonds is 4. The summed E-state index contributed by atoms with van der Waals surface area (Å²) in [5.74, 6) is 0.919. The molecule has 1 N–H and O–H groups in total. The van der Waals surface area contributed by atoms with Gasteiger partial charge in [0.2, 0.25) is 0 Å². The van der Waals surface area contributed by atoms with Gasteiger partial charge in [-0.2, -0.15) is 0 Å². The van der Waals surface area contributed by atoms with Crippen molar-refractivity contribution in [2.45, 2.75) is 39.2 Å². The SMILES string of the molecule is Cc1cc(Cl)c(NC(C)CC2CC2)cc1Cl. The molecule has 0 spiro atoms. The molecule has 1 fully saturated rings. The Morgan fingerprint density at radius 2 is 2.00 bits per heavy atom. The van der Waals surface area contributed by atoms with Crippen molar-refractivity contribution in [1.29, 1.82) is 0 Å². The van der Waals surface area contributed by atoms with E-state index in [0.29, 0.717) is 6.04 Å². The Hall–Kier alpha value is -0.400. The summed E-state index contributed by atoms with van der Waals surface area (Å²) in [6, 6.07) is 4.29. The van der Waals surface area contributed by atoms with Gasteiger partial charge in [-0.15, -0.1) is 0 Å². The zero-order chi connectivity index (χ0) is 11.7. The molecule has 0 aromatic heterocycles. The lowest BCUT2D eigenvalue weighted by molar-refractivity contribution is 0.642. The minimum atomic E-state index is 0.462. The van der Waals surface area contributed by atoms with E-state index in [1.807, 2.05) is 19.1 Å². The van der Waals surface area contributed by atoms with E-state index in [0.717, 1.165) is 27.2 Å².